The minimum atomic E-state index is 0.862. The summed E-state index contributed by atoms with van der Waals surface area (Å²) < 4.78 is 0. The lowest BCUT2D eigenvalue weighted by atomic mass is 10.0. The predicted octanol–water partition coefficient (Wildman–Crippen LogP) is 10.1. The number of para-hydroxylation sites is 2. The molecule has 7 rings (SSSR count). The van der Waals surface area contributed by atoms with Crippen molar-refractivity contribution in [1.82, 2.24) is 9.97 Å². The Balaban J connectivity index is 1.26. The average molecular weight is 526 g/mol. The Bertz CT molecular complexity index is 1810. The van der Waals surface area contributed by atoms with Crippen LogP contribution in [-0.2, 0) is 0 Å². The Morgan fingerprint density at radius 2 is 0.732 bits per heavy atom. The molecule has 1 heterocycles. The van der Waals surface area contributed by atoms with Crippen LogP contribution in [0.1, 0.15) is 0 Å². The Morgan fingerprint density at radius 3 is 1.22 bits per heavy atom. The third kappa shape index (κ3) is 5.09. The summed E-state index contributed by atoms with van der Waals surface area (Å²) in [6, 6.07) is 55.0. The smallest absolute Gasteiger partial charge is 0.0894 e. The molecule has 0 saturated heterocycles. The summed E-state index contributed by atoms with van der Waals surface area (Å²) in [6.45, 7) is 0. The molecule has 0 aliphatic rings. The van der Waals surface area contributed by atoms with Gasteiger partial charge in [-0.2, -0.15) is 0 Å². The molecule has 3 nitrogen and oxygen atoms in total. The first-order valence-corrected chi connectivity index (χ1v) is 13.8. The van der Waals surface area contributed by atoms with Gasteiger partial charge < -0.3 is 4.90 Å². The zero-order valence-corrected chi connectivity index (χ0v) is 22.4. The van der Waals surface area contributed by atoms with E-state index < -0.39 is 0 Å². The van der Waals surface area contributed by atoms with Crippen molar-refractivity contribution in [3.8, 4) is 33.5 Å². The second-order valence-electron chi connectivity index (χ2n) is 9.95. The molecule has 0 unspecified atom stereocenters. The molecule has 0 atom stereocenters. The summed E-state index contributed by atoms with van der Waals surface area (Å²) in [4.78, 5) is 11.7. The summed E-state index contributed by atoms with van der Waals surface area (Å²) in [5.41, 5.74) is 11.8. The highest BCUT2D eigenvalue weighted by Gasteiger charge is 2.14. The van der Waals surface area contributed by atoms with Gasteiger partial charge in [0.2, 0.25) is 0 Å². The van der Waals surface area contributed by atoms with Crippen LogP contribution in [0.2, 0.25) is 0 Å². The number of hydrogen-bond donors (Lipinski definition) is 0. The highest BCUT2D eigenvalue weighted by Crippen LogP contribution is 2.37. The number of aromatic nitrogens is 2. The molecule has 0 aliphatic carbocycles. The van der Waals surface area contributed by atoms with Gasteiger partial charge in [-0.15, -0.1) is 0 Å². The quantitative estimate of drug-likeness (QED) is 0.216. The van der Waals surface area contributed by atoms with Crippen molar-refractivity contribution in [3.05, 3.63) is 164 Å². The fraction of sp³-hybridized carbons (Fsp3) is 0. The largest absolute Gasteiger partial charge is 0.311 e. The van der Waals surface area contributed by atoms with E-state index in [2.05, 4.69) is 131 Å². The molecule has 0 amide bonds. The molecule has 3 heteroatoms. The molecule has 41 heavy (non-hydrogen) atoms. The second-order valence-corrected chi connectivity index (χ2v) is 9.95. The molecule has 0 saturated carbocycles. The van der Waals surface area contributed by atoms with Gasteiger partial charge in [0, 0.05) is 22.6 Å². The van der Waals surface area contributed by atoms with Crippen LogP contribution in [0.25, 0.3) is 44.5 Å². The van der Waals surface area contributed by atoms with E-state index >= 15 is 0 Å². The van der Waals surface area contributed by atoms with Gasteiger partial charge >= 0.3 is 0 Å². The van der Waals surface area contributed by atoms with E-state index in [9.17, 15) is 0 Å². The van der Waals surface area contributed by atoms with Gasteiger partial charge in [0.25, 0.3) is 0 Å². The van der Waals surface area contributed by atoms with Crippen molar-refractivity contribution in [1.29, 1.82) is 0 Å². The van der Waals surface area contributed by atoms with E-state index in [-0.39, 0.29) is 0 Å². The maximum atomic E-state index is 4.84. The predicted molar refractivity (Wildman–Crippen MR) is 171 cm³/mol. The van der Waals surface area contributed by atoms with Crippen molar-refractivity contribution in [2.24, 2.45) is 0 Å². The van der Waals surface area contributed by atoms with Crippen LogP contribution in [0, 0.1) is 0 Å². The van der Waals surface area contributed by atoms with E-state index in [4.69, 9.17) is 4.98 Å². The lowest BCUT2D eigenvalue weighted by Gasteiger charge is -2.26. The monoisotopic (exact) mass is 525 g/mol. The SMILES string of the molecule is c1ccc(-c2ccc(N(c3ccc(-c4ccccc4)cc3)c3ccc(-c4cnc5ccccc5n4)cc3)cc2)cc1. The molecule has 6 aromatic carbocycles. The minimum Gasteiger partial charge on any atom is -0.311 e. The molecule has 1 aromatic heterocycles. The van der Waals surface area contributed by atoms with Gasteiger partial charge in [0.05, 0.1) is 22.9 Å². The Morgan fingerprint density at radius 1 is 0.341 bits per heavy atom. The van der Waals surface area contributed by atoms with Crippen LogP contribution in [0.15, 0.2) is 164 Å². The average Bonchev–Trinajstić information content (AvgIpc) is 3.06. The van der Waals surface area contributed by atoms with Crippen LogP contribution >= 0.6 is 0 Å². The zero-order valence-electron chi connectivity index (χ0n) is 22.4. The summed E-state index contributed by atoms with van der Waals surface area (Å²) in [6.07, 6.45) is 1.85. The van der Waals surface area contributed by atoms with Crippen molar-refractivity contribution < 1.29 is 0 Å². The third-order valence-electron chi connectivity index (χ3n) is 7.34. The summed E-state index contributed by atoms with van der Waals surface area (Å²) in [5, 5.41) is 0. The van der Waals surface area contributed by atoms with Gasteiger partial charge in [-0.1, -0.05) is 109 Å². The normalized spacial score (nSPS) is 10.9. The first-order valence-electron chi connectivity index (χ1n) is 13.8. The number of nitrogens with zero attached hydrogens (tertiary/aromatic N) is 3. The van der Waals surface area contributed by atoms with Gasteiger partial charge in [0.15, 0.2) is 0 Å². The lowest BCUT2D eigenvalue weighted by molar-refractivity contribution is 1.27. The third-order valence-corrected chi connectivity index (χ3v) is 7.34. The molecule has 0 bridgehead atoms. The molecule has 0 spiro atoms. The first kappa shape index (κ1) is 24.5. The van der Waals surface area contributed by atoms with Crippen molar-refractivity contribution in [2.45, 2.75) is 0 Å². The number of rotatable bonds is 6. The fourth-order valence-corrected chi connectivity index (χ4v) is 5.19. The van der Waals surface area contributed by atoms with Gasteiger partial charge in [-0.05, 0) is 70.8 Å². The Labute approximate surface area is 240 Å². The Kier molecular flexibility index (Phi) is 6.52. The maximum absolute atomic E-state index is 4.84. The highest BCUT2D eigenvalue weighted by molar-refractivity contribution is 5.81. The first-order chi connectivity index (χ1) is 20.3. The van der Waals surface area contributed by atoms with Crippen LogP contribution in [0.5, 0.6) is 0 Å². The number of anilines is 3. The standard InChI is InChI=1S/C38H27N3/c1-3-9-28(10-4-1)30-15-21-33(22-16-30)41(34-23-17-31(18-24-34)29-11-5-2-6-12-29)35-25-19-32(20-26-35)38-27-39-36-13-7-8-14-37(36)40-38/h1-27H. The molecular formula is C38H27N3. The van der Waals surface area contributed by atoms with Crippen LogP contribution in [0.4, 0.5) is 17.1 Å². The molecule has 0 radical (unpaired) electrons. The Hall–Kier alpha value is -5.54. The van der Waals surface area contributed by atoms with E-state index in [1.165, 1.54) is 22.3 Å². The van der Waals surface area contributed by atoms with Crippen LogP contribution in [0.3, 0.4) is 0 Å². The zero-order chi connectivity index (χ0) is 27.4. The minimum absolute atomic E-state index is 0.862. The molecule has 7 aromatic rings. The maximum Gasteiger partial charge on any atom is 0.0894 e. The number of benzene rings is 6. The summed E-state index contributed by atoms with van der Waals surface area (Å²) in [7, 11) is 0. The molecule has 0 aliphatic heterocycles. The fourth-order valence-electron chi connectivity index (χ4n) is 5.19. The van der Waals surface area contributed by atoms with Crippen molar-refractivity contribution in [2.75, 3.05) is 4.90 Å². The highest BCUT2D eigenvalue weighted by atomic mass is 15.1. The van der Waals surface area contributed by atoms with Gasteiger partial charge in [-0.3, -0.25) is 4.98 Å². The lowest BCUT2D eigenvalue weighted by Crippen LogP contribution is -2.09. The van der Waals surface area contributed by atoms with Crippen LogP contribution < -0.4 is 4.90 Å². The van der Waals surface area contributed by atoms with Crippen molar-refractivity contribution >= 4 is 28.1 Å². The summed E-state index contributed by atoms with van der Waals surface area (Å²) >= 11 is 0. The molecule has 0 fully saturated rings. The topological polar surface area (TPSA) is 29.0 Å². The second kappa shape index (κ2) is 10.9. The summed E-state index contributed by atoms with van der Waals surface area (Å²) in [5.74, 6) is 0. The van der Waals surface area contributed by atoms with Crippen LogP contribution in [-0.4, -0.2) is 9.97 Å². The van der Waals surface area contributed by atoms with Crippen molar-refractivity contribution in [3.63, 3.8) is 0 Å². The van der Waals surface area contributed by atoms with Gasteiger partial charge in [0.1, 0.15) is 0 Å². The molecule has 0 N–H and O–H groups in total. The van der Waals surface area contributed by atoms with E-state index in [1.54, 1.807) is 0 Å². The van der Waals surface area contributed by atoms with E-state index in [0.717, 1.165) is 39.4 Å². The van der Waals surface area contributed by atoms with E-state index in [0.29, 0.717) is 0 Å². The molecule has 194 valence electrons. The molecular weight excluding hydrogens is 498 g/mol. The number of fused-ring (bicyclic) bond motifs is 1. The number of hydrogen-bond acceptors (Lipinski definition) is 3. The van der Waals surface area contributed by atoms with Gasteiger partial charge in [-0.25, -0.2) is 4.98 Å². The van der Waals surface area contributed by atoms with E-state index in [1.807, 2.05) is 42.6 Å².